The van der Waals surface area contributed by atoms with Crippen molar-refractivity contribution in [2.24, 2.45) is 0 Å². The molecule has 0 bridgehead atoms. The standard InChI is InChI=1S/C8H13NO3S5/c1-15-17-4-7(11)8(12)9-5(2-13)6(10)3-16-14/h5,13-14H,2-4H2,1H3,(H,9,12)/t5-/m0/s1. The van der Waals surface area contributed by atoms with E-state index in [1.807, 2.05) is 6.26 Å². The average molecular weight is 332 g/mol. The fourth-order valence-electron chi connectivity index (χ4n) is 0.809. The van der Waals surface area contributed by atoms with Gasteiger partial charge in [0.2, 0.25) is 5.78 Å². The number of hydrogen-bond donors (Lipinski definition) is 3. The first-order chi connectivity index (χ1) is 8.06. The Morgan fingerprint density at radius 1 is 1.29 bits per heavy atom. The summed E-state index contributed by atoms with van der Waals surface area (Å²) in [6.45, 7) is 0. The maximum absolute atomic E-state index is 11.5. The molecule has 17 heavy (non-hydrogen) atoms. The van der Waals surface area contributed by atoms with Crippen molar-refractivity contribution >= 4 is 74.1 Å². The smallest absolute Gasteiger partial charge is 0.288 e. The Kier molecular flexibility index (Phi) is 10.8. The number of thiol groups is 2. The van der Waals surface area contributed by atoms with E-state index in [1.54, 1.807) is 0 Å². The highest BCUT2D eigenvalue weighted by Gasteiger charge is 2.22. The number of amides is 1. The molecule has 0 saturated carbocycles. The minimum absolute atomic E-state index is 0.0990. The first kappa shape index (κ1) is 17.6. The van der Waals surface area contributed by atoms with Crippen LogP contribution in [-0.4, -0.2) is 47.0 Å². The fourth-order valence-corrected chi connectivity index (χ4v) is 2.84. The summed E-state index contributed by atoms with van der Waals surface area (Å²) in [6, 6.07) is -0.728. The molecule has 0 aliphatic heterocycles. The average Bonchev–Trinajstić information content (AvgIpc) is 2.32. The van der Waals surface area contributed by atoms with Crippen molar-refractivity contribution in [1.82, 2.24) is 5.32 Å². The van der Waals surface area contributed by atoms with Gasteiger partial charge in [-0.1, -0.05) is 32.4 Å². The lowest BCUT2D eigenvalue weighted by Gasteiger charge is -2.13. The highest BCUT2D eigenvalue weighted by atomic mass is 33.1. The number of carbonyl (C=O) groups is 3. The molecule has 0 saturated heterocycles. The van der Waals surface area contributed by atoms with Crippen molar-refractivity contribution in [3.63, 3.8) is 0 Å². The van der Waals surface area contributed by atoms with Crippen LogP contribution < -0.4 is 5.32 Å². The molecule has 0 radical (unpaired) electrons. The van der Waals surface area contributed by atoms with Gasteiger partial charge < -0.3 is 5.32 Å². The normalized spacial score (nSPS) is 11.9. The largest absolute Gasteiger partial charge is 0.339 e. The second-order valence-corrected chi connectivity index (χ2v) is 7.05. The van der Waals surface area contributed by atoms with Gasteiger partial charge in [0, 0.05) is 5.75 Å². The molecule has 0 rings (SSSR count). The molecule has 0 aromatic carbocycles. The van der Waals surface area contributed by atoms with Crippen LogP contribution in [0, 0.1) is 0 Å². The predicted octanol–water partition coefficient (Wildman–Crippen LogP) is 1.13. The summed E-state index contributed by atoms with van der Waals surface area (Å²) in [5.74, 6) is -1.03. The fraction of sp³-hybridized carbons (Fsp3) is 0.625. The molecule has 0 fully saturated rings. The SMILES string of the molecule is CSSCC(=O)C(=O)N[C@@H](CS)C(=O)CSS. The van der Waals surface area contributed by atoms with Crippen molar-refractivity contribution in [1.29, 1.82) is 0 Å². The summed E-state index contributed by atoms with van der Waals surface area (Å²) < 4.78 is 0. The van der Waals surface area contributed by atoms with Gasteiger partial charge in [-0.05, 0) is 6.26 Å². The lowest BCUT2D eigenvalue weighted by Crippen LogP contribution is -2.46. The van der Waals surface area contributed by atoms with Gasteiger partial charge in [0.1, 0.15) is 0 Å². The Hall–Kier alpha value is 0.560. The molecule has 1 N–H and O–H groups in total. The Morgan fingerprint density at radius 2 is 1.94 bits per heavy atom. The highest BCUT2D eigenvalue weighted by molar-refractivity contribution is 8.76. The summed E-state index contributed by atoms with van der Waals surface area (Å²) in [5, 5.41) is 2.38. The zero-order chi connectivity index (χ0) is 13.3. The number of carbonyl (C=O) groups excluding carboxylic acids is 3. The minimum Gasteiger partial charge on any atom is -0.339 e. The molecule has 0 aromatic heterocycles. The minimum atomic E-state index is -0.733. The van der Waals surface area contributed by atoms with Crippen molar-refractivity contribution in [2.45, 2.75) is 6.04 Å². The summed E-state index contributed by atoms with van der Waals surface area (Å²) >= 11 is 7.83. The van der Waals surface area contributed by atoms with Crippen LogP contribution in [0.4, 0.5) is 0 Å². The van der Waals surface area contributed by atoms with Crippen LogP contribution in [0.2, 0.25) is 0 Å². The Morgan fingerprint density at radius 3 is 2.41 bits per heavy atom. The third-order valence-corrected chi connectivity index (χ3v) is 4.49. The Labute approximate surface area is 123 Å². The van der Waals surface area contributed by atoms with Gasteiger partial charge in [-0.3, -0.25) is 14.4 Å². The van der Waals surface area contributed by atoms with Crippen molar-refractivity contribution < 1.29 is 14.4 Å². The molecule has 0 aromatic rings. The highest BCUT2D eigenvalue weighted by Crippen LogP contribution is 2.16. The van der Waals surface area contributed by atoms with Gasteiger partial charge in [0.15, 0.2) is 5.78 Å². The van der Waals surface area contributed by atoms with Crippen LogP contribution in [0.15, 0.2) is 0 Å². The lowest BCUT2D eigenvalue weighted by molar-refractivity contribution is -0.137. The number of Topliss-reactive ketones (excluding diaryl/α,β-unsaturated/α-hetero) is 2. The van der Waals surface area contributed by atoms with Gasteiger partial charge in [-0.15, -0.1) is 11.7 Å². The zero-order valence-electron chi connectivity index (χ0n) is 9.04. The van der Waals surface area contributed by atoms with E-state index in [-0.39, 0.29) is 23.0 Å². The summed E-state index contributed by atoms with van der Waals surface area (Å²) in [6.07, 6.45) is 1.82. The van der Waals surface area contributed by atoms with E-state index < -0.39 is 17.7 Å². The van der Waals surface area contributed by atoms with Crippen LogP contribution in [0.5, 0.6) is 0 Å². The molecule has 4 nitrogen and oxygen atoms in total. The maximum atomic E-state index is 11.5. The molecule has 0 aliphatic carbocycles. The topological polar surface area (TPSA) is 63.2 Å². The molecular formula is C8H13NO3S5. The quantitative estimate of drug-likeness (QED) is 0.334. The van der Waals surface area contributed by atoms with Gasteiger partial charge in [-0.25, -0.2) is 0 Å². The predicted molar refractivity (Wildman–Crippen MR) is 83.2 cm³/mol. The first-order valence-corrected chi connectivity index (χ1v) is 9.85. The van der Waals surface area contributed by atoms with Gasteiger partial charge >= 0.3 is 0 Å². The van der Waals surface area contributed by atoms with E-state index in [2.05, 4.69) is 29.6 Å². The second-order valence-electron chi connectivity index (χ2n) is 2.80. The molecule has 98 valence electrons. The third kappa shape index (κ3) is 7.55. The molecule has 0 heterocycles. The van der Waals surface area contributed by atoms with Crippen molar-refractivity contribution in [3.8, 4) is 0 Å². The molecule has 1 amide bonds. The Bertz CT molecular complexity index is 286. The van der Waals surface area contributed by atoms with Gasteiger partial charge in [0.05, 0.1) is 17.5 Å². The van der Waals surface area contributed by atoms with E-state index in [9.17, 15) is 14.4 Å². The van der Waals surface area contributed by atoms with Crippen LogP contribution in [-0.2, 0) is 14.4 Å². The molecule has 1 atom stereocenters. The maximum Gasteiger partial charge on any atom is 0.288 e. The summed E-state index contributed by atoms with van der Waals surface area (Å²) in [4.78, 5) is 34.3. The summed E-state index contributed by atoms with van der Waals surface area (Å²) in [5.41, 5.74) is 0. The molecule has 0 aliphatic rings. The Balaban J connectivity index is 4.23. The molecule has 0 unspecified atom stereocenters. The van der Waals surface area contributed by atoms with Gasteiger partial charge in [0.25, 0.3) is 5.91 Å². The van der Waals surface area contributed by atoms with Crippen LogP contribution in [0.3, 0.4) is 0 Å². The van der Waals surface area contributed by atoms with Crippen LogP contribution >= 0.6 is 56.7 Å². The molecular weight excluding hydrogens is 318 g/mol. The molecule has 0 spiro atoms. The third-order valence-electron chi connectivity index (χ3n) is 1.64. The van der Waals surface area contributed by atoms with E-state index in [4.69, 9.17) is 0 Å². The summed E-state index contributed by atoms with van der Waals surface area (Å²) in [7, 11) is 3.76. The second kappa shape index (κ2) is 10.5. The molecule has 9 heteroatoms. The lowest BCUT2D eigenvalue weighted by atomic mass is 10.2. The van der Waals surface area contributed by atoms with E-state index in [1.165, 1.54) is 21.6 Å². The van der Waals surface area contributed by atoms with E-state index in [0.29, 0.717) is 0 Å². The van der Waals surface area contributed by atoms with Crippen LogP contribution in [0.1, 0.15) is 0 Å². The number of rotatable bonds is 9. The monoisotopic (exact) mass is 331 g/mol. The number of hydrogen-bond acceptors (Lipinski definition) is 8. The van der Waals surface area contributed by atoms with E-state index in [0.717, 1.165) is 10.8 Å². The zero-order valence-corrected chi connectivity index (χ0v) is 13.3. The number of nitrogens with one attached hydrogen (secondary N) is 1. The van der Waals surface area contributed by atoms with Crippen LogP contribution in [0.25, 0.3) is 0 Å². The first-order valence-electron chi connectivity index (χ1n) is 4.46. The van der Waals surface area contributed by atoms with Gasteiger partial charge in [-0.2, -0.15) is 12.6 Å². The van der Waals surface area contributed by atoms with Crippen molar-refractivity contribution in [3.05, 3.63) is 0 Å². The van der Waals surface area contributed by atoms with Crippen molar-refractivity contribution in [2.75, 3.05) is 23.5 Å². The number of ketones is 2. The van der Waals surface area contributed by atoms with E-state index >= 15 is 0 Å².